The minimum Gasteiger partial charge on any atom is -0.379 e. The third-order valence-electron chi connectivity index (χ3n) is 5.88. The van der Waals surface area contributed by atoms with E-state index in [4.69, 9.17) is 4.74 Å². The summed E-state index contributed by atoms with van der Waals surface area (Å²) >= 11 is 0. The first-order valence-corrected chi connectivity index (χ1v) is 14.0. The number of sulfonamides is 2. The third-order valence-corrected chi connectivity index (χ3v) is 8.68. The molecule has 0 aliphatic carbocycles. The van der Waals surface area contributed by atoms with E-state index in [1.165, 1.54) is 10.4 Å². The molecule has 0 radical (unpaired) electrons. The summed E-state index contributed by atoms with van der Waals surface area (Å²) in [7, 11) is -6.93. The fourth-order valence-electron chi connectivity index (χ4n) is 4.00. The minimum atomic E-state index is -3.68. The van der Waals surface area contributed by atoms with E-state index < -0.39 is 26.1 Å². The van der Waals surface area contributed by atoms with Crippen LogP contribution in [0, 0.1) is 6.92 Å². The number of nitrogens with zero attached hydrogens (tertiary/aromatic N) is 2. The minimum absolute atomic E-state index is 0.124. The van der Waals surface area contributed by atoms with Crippen LogP contribution in [0.5, 0.6) is 0 Å². The van der Waals surface area contributed by atoms with Crippen LogP contribution in [0.2, 0.25) is 0 Å². The van der Waals surface area contributed by atoms with Crippen LogP contribution >= 0.6 is 0 Å². The Hall–Kier alpha value is -1.57. The van der Waals surface area contributed by atoms with E-state index in [0.29, 0.717) is 63.5 Å². The summed E-state index contributed by atoms with van der Waals surface area (Å²) in [6.07, 6.45) is 2.39. The molecule has 2 N–H and O–H groups in total. The zero-order chi connectivity index (χ0) is 23.5. The van der Waals surface area contributed by atoms with Crippen molar-refractivity contribution < 1.29 is 26.4 Å². The van der Waals surface area contributed by atoms with Crippen molar-refractivity contribution in [3.63, 3.8) is 0 Å². The van der Waals surface area contributed by atoms with Crippen LogP contribution < -0.4 is 10.0 Å². The highest BCUT2D eigenvalue weighted by Crippen LogP contribution is 2.25. The number of carbonyl (C=O) groups excluding carboxylic acids is 1. The van der Waals surface area contributed by atoms with Crippen LogP contribution in [-0.2, 0) is 29.6 Å². The highest BCUT2D eigenvalue weighted by Gasteiger charge is 2.30. The molecule has 3 rings (SSSR count). The molecular formula is C20H32N4O6S2. The first-order valence-electron chi connectivity index (χ1n) is 10.7. The van der Waals surface area contributed by atoms with Gasteiger partial charge in [-0.05, 0) is 44.4 Å². The monoisotopic (exact) mass is 488 g/mol. The number of rotatable bonds is 7. The van der Waals surface area contributed by atoms with Crippen LogP contribution in [0.25, 0.3) is 0 Å². The standard InChI is InChI=1S/C20H32N4O6S2/c1-15-4-5-18(14-19(15)32(28,29)24-10-12-30-13-11-24)21-20(25)16(2)23-8-6-17(7-9-23)22-31(3,26)27/h4-5,14,16-17,22H,6-13H2,1-3H3,(H,21,25)/t16-/m0/s1. The molecule has 0 aromatic heterocycles. The molecule has 180 valence electrons. The van der Waals surface area contributed by atoms with E-state index in [2.05, 4.69) is 10.0 Å². The molecule has 2 aliphatic heterocycles. The lowest BCUT2D eigenvalue weighted by Gasteiger charge is -2.35. The lowest BCUT2D eigenvalue weighted by Crippen LogP contribution is -2.50. The number of benzene rings is 1. The van der Waals surface area contributed by atoms with E-state index in [1.54, 1.807) is 26.0 Å². The van der Waals surface area contributed by atoms with Gasteiger partial charge in [-0.15, -0.1) is 0 Å². The molecule has 2 saturated heterocycles. The molecule has 0 saturated carbocycles. The van der Waals surface area contributed by atoms with Crippen molar-refractivity contribution in [1.29, 1.82) is 0 Å². The van der Waals surface area contributed by atoms with Gasteiger partial charge in [-0.2, -0.15) is 4.31 Å². The second kappa shape index (κ2) is 10.1. The Kier molecular flexibility index (Phi) is 7.94. The molecule has 1 aromatic rings. The molecule has 2 aliphatic rings. The van der Waals surface area contributed by atoms with Crippen LogP contribution in [0.15, 0.2) is 23.1 Å². The first kappa shape index (κ1) is 25.1. The molecule has 2 heterocycles. The van der Waals surface area contributed by atoms with Crippen LogP contribution in [0.4, 0.5) is 5.69 Å². The van der Waals surface area contributed by atoms with Gasteiger partial charge in [-0.3, -0.25) is 9.69 Å². The van der Waals surface area contributed by atoms with E-state index >= 15 is 0 Å². The maximum atomic E-state index is 13.1. The maximum Gasteiger partial charge on any atom is 0.243 e. The Morgan fingerprint density at radius 1 is 1.09 bits per heavy atom. The van der Waals surface area contributed by atoms with E-state index in [1.807, 2.05) is 4.90 Å². The average molecular weight is 489 g/mol. The number of carbonyl (C=O) groups is 1. The highest BCUT2D eigenvalue weighted by molar-refractivity contribution is 7.89. The third kappa shape index (κ3) is 6.27. The largest absolute Gasteiger partial charge is 0.379 e. The fourth-order valence-corrected chi connectivity index (χ4v) is 6.50. The smallest absolute Gasteiger partial charge is 0.243 e. The molecule has 10 nitrogen and oxygen atoms in total. The summed E-state index contributed by atoms with van der Waals surface area (Å²) in [4.78, 5) is 15.0. The van der Waals surface area contributed by atoms with Gasteiger partial charge < -0.3 is 10.1 Å². The summed E-state index contributed by atoms with van der Waals surface area (Å²) in [5, 5.41) is 2.83. The molecular weight excluding hydrogens is 456 g/mol. The van der Waals surface area contributed by atoms with Gasteiger partial charge in [0.1, 0.15) is 0 Å². The van der Waals surface area contributed by atoms with Crippen molar-refractivity contribution in [3.8, 4) is 0 Å². The molecule has 0 unspecified atom stereocenters. The predicted octanol–water partition coefficient (Wildman–Crippen LogP) is 0.357. The quantitative estimate of drug-likeness (QED) is 0.568. The summed E-state index contributed by atoms with van der Waals surface area (Å²) in [6.45, 7) is 6.04. The van der Waals surface area contributed by atoms with Gasteiger partial charge in [0.15, 0.2) is 0 Å². The lowest BCUT2D eigenvalue weighted by atomic mass is 10.0. The number of amides is 1. The molecule has 1 amide bonds. The number of piperidine rings is 1. The van der Waals surface area contributed by atoms with Gasteiger partial charge >= 0.3 is 0 Å². The second-order valence-electron chi connectivity index (χ2n) is 8.36. The summed E-state index contributed by atoms with van der Waals surface area (Å²) < 4.78 is 58.2. The summed E-state index contributed by atoms with van der Waals surface area (Å²) in [5.41, 5.74) is 1.04. The second-order valence-corrected chi connectivity index (χ2v) is 12.0. The zero-order valence-electron chi connectivity index (χ0n) is 18.7. The number of anilines is 1. The average Bonchev–Trinajstić information content (AvgIpc) is 2.74. The van der Waals surface area contributed by atoms with Gasteiger partial charge in [0, 0.05) is 37.9 Å². The molecule has 0 spiro atoms. The Bertz CT molecular complexity index is 1030. The Morgan fingerprint density at radius 3 is 2.31 bits per heavy atom. The van der Waals surface area contributed by atoms with Crippen molar-refractivity contribution in [2.24, 2.45) is 0 Å². The van der Waals surface area contributed by atoms with Crippen molar-refractivity contribution in [2.45, 2.75) is 43.7 Å². The van der Waals surface area contributed by atoms with E-state index in [9.17, 15) is 21.6 Å². The number of likely N-dealkylation sites (tertiary alicyclic amines) is 1. The van der Waals surface area contributed by atoms with Gasteiger partial charge in [0.2, 0.25) is 26.0 Å². The zero-order valence-corrected chi connectivity index (χ0v) is 20.3. The predicted molar refractivity (Wildman–Crippen MR) is 121 cm³/mol. The summed E-state index contributed by atoms with van der Waals surface area (Å²) in [5.74, 6) is -0.238. The van der Waals surface area contributed by atoms with Crippen molar-refractivity contribution in [3.05, 3.63) is 23.8 Å². The number of hydrogen-bond donors (Lipinski definition) is 2. The Morgan fingerprint density at radius 2 is 1.72 bits per heavy atom. The number of ether oxygens (including phenoxy) is 1. The normalized spacial score (nSPS) is 20.7. The molecule has 12 heteroatoms. The van der Waals surface area contributed by atoms with Crippen molar-refractivity contribution in [2.75, 3.05) is 51.0 Å². The Labute approximate surface area is 190 Å². The number of aryl methyl sites for hydroxylation is 1. The highest BCUT2D eigenvalue weighted by atomic mass is 32.2. The SMILES string of the molecule is Cc1ccc(NC(=O)[C@H](C)N2CCC(NS(C)(=O)=O)CC2)cc1S(=O)(=O)N1CCOCC1. The van der Waals surface area contributed by atoms with Gasteiger partial charge in [0.05, 0.1) is 30.4 Å². The maximum absolute atomic E-state index is 13.1. The van der Waals surface area contributed by atoms with Crippen molar-refractivity contribution in [1.82, 2.24) is 13.9 Å². The molecule has 1 aromatic carbocycles. The van der Waals surface area contributed by atoms with Gasteiger partial charge in [-0.1, -0.05) is 6.07 Å². The topological polar surface area (TPSA) is 125 Å². The number of nitrogens with one attached hydrogen (secondary N) is 2. The van der Waals surface area contributed by atoms with Gasteiger partial charge in [0.25, 0.3) is 0 Å². The summed E-state index contributed by atoms with van der Waals surface area (Å²) in [6, 6.07) is 4.33. The first-order chi connectivity index (χ1) is 15.0. The van der Waals surface area contributed by atoms with Crippen LogP contribution in [0.1, 0.15) is 25.3 Å². The van der Waals surface area contributed by atoms with E-state index in [-0.39, 0.29) is 16.8 Å². The molecule has 1 atom stereocenters. The Balaban J connectivity index is 1.64. The molecule has 2 fully saturated rings. The van der Waals surface area contributed by atoms with Crippen molar-refractivity contribution >= 4 is 31.6 Å². The van der Waals surface area contributed by atoms with E-state index in [0.717, 1.165) is 6.26 Å². The lowest BCUT2D eigenvalue weighted by molar-refractivity contribution is -0.121. The fraction of sp³-hybridized carbons (Fsp3) is 0.650. The van der Waals surface area contributed by atoms with Crippen LogP contribution in [0.3, 0.4) is 0 Å². The number of morpholine rings is 1. The van der Waals surface area contributed by atoms with Crippen LogP contribution in [-0.4, -0.2) is 89.7 Å². The molecule has 0 bridgehead atoms. The number of hydrogen-bond acceptors (Lipinski definition) is 7. The van der Waals surface area contributed by atoms with Gasteiger partial charge in [-0.25, -0.2) is 21.6 Å². The molecule has 32 heavy (non-hydrogen) atoms.